The highest BCUT2D eigenvalue weighted by molar-refractivity contribution is 7.14. The van der Waals surface area contributed by atoms with Gasteiger partial charge in [-0.25, -0.2) is 0 Å². The van der Waals surface area contributed by atoms with Crippen LogP contribution in [0.2, 0.25) is 0 Å². The quantitative estimate of drug-likeness (QED) is 0.465. The van der Waals surface area contributed by atoms with Crippen molar-refractivity contribution >= 4 is 40.0 Å². The normalized spacial score (nSPS) is 10.3. The zero-order valence-corrected chi connectivity index (χ0v) is 11.7. The van der Waals surface area contributed by atoms with Gasteiger partial charge in [-0.15, -0.1) is 11.3 Å². The Hall–Kier alpha value is -2.46. The molecule has 0 spiro atoms. The number of nitrogens with two attached hydrogens (primary N) is 2. The maximum absolute atomic E-state index is 11.8. The molecule has 6 N–H and O–H groups in total. The van der Waals surface area contributed by atoms with E-state index >= 15 is 0 Å². The molecule has 1 rings (SSSR count). The fraction of sp³-hybridized carbons (Fsp3) is 0.273. The number of aliphatic carboxylic acids is 1. The Morgan fingerprint density at radius 2 is 1.86 bits per heavy atom. The minimum absolute atomic E-state index is 0.160. The lowest BCUT2D eigenvalue weighted by molar-refractivity contribution is -0.138. The number of amides is 3. The van der Waals surface area contributed by atoms with Crippen LogP contribution in [-0.4, -0.2) is 53.3 Å². The van der Waals surface area contributed by atoms with Crippen LogP contribution < -0.4 is 16.8 Å². The minimum Gasteiger partial charge on any atom is -0.480 e. The number of rotatable bonds is 8. The Bertz CT molecular complexity index is 555. The van der Waals surface area contributed by atoms with E-state index < -0.39 is 30.2 Å². The molecule has 3 amide bonds. The Morgan fingerprint density at radius 3 is 2.38 bits per heavy atom. The number of carbonyl (C=O) groups excluding carboxylic acids is 3. The Kier molecular flexibility index (Phi) is 5.81. The number of carboxylic acids is 1. The van der Waals surface area contributed by atoms with Crippen molar-refractivity contribution in [1.82, 2.24) is 4.90 Å². The van der Waals surface area contributed by atoms with Crippen LogP contribution in [0.3, 0.4) is 0 Å². The van der Waals surface area contributed by atoms with Crippen LogP contribution in [-0.2, 0) is 14.4 Å². The molecular weight excluding hydrogens is 300 g/mol. The number of carboxylic acid groups (broad SMARTS) is 1. The number of anilines is 1. The van der Waals surface area contributed by atoms with Gasteiger partial charge in [0.2, 0.25) is 11.8 Å². The van der Waals surface area contributed by atoms with Crippen molar-refractivity contribution in [2.45, 2.75) is 0 Å². The first-order valence-electron chi connectivity index (χ1n) is 5.69. The maximum atomic E-state index is 11.8. The molecule has 0 saturated heterocycles. The third kappa shape index (κ3) is 5.58. The molecule has 0 aliphatic carbocycles. The second kappa shape index (κ2) is 7.36. The lowest BCUT2D eigenvalue weighted by Gasteiger charge is -2.17. The van der Waals surface area contributed by atoms with E-state index in [1.807, 2.05) is 0 Å². The van der Waals surface area contributed by atoms with Gasteiger partial charge in [-0.1, -0.05) is 0 Å². The molecule has 0 saturated carbocycles. The van der Waals surface area contributed by atoms with Crippen molar-refractivity contribution in [2.24, 2.45) is 11.5 Å². The van der Waals surface area contributed by atoms with Crippen molar-refractivity contribution in [2.75, 3.05) is 25.0 Å². The van der Waals surface area contributed by atoms with Crippen LogP contribution in [0.15, 0.2) is 11.4 Å². The topological polar surface area (TPSA) is 156 Å². The molecule has 0 radical (unpaired) electrons. The number of carbonyl (C=O) groups is 4. The summed E-state index contributed by atoms with van der Waals surface area (Å²) in [6, 6.07) is 1.46. The fourth-order valence-corrected chi connectivity index (χ4v) is 2.36. The Balaban J connectivity index is 2.68. The molecule has 0 aliphatic rings. The number of primary amides is 2. The van der Waals surface area contributed by atoms with E-state index in [4.69, 9.17) is 16.6 Å². The first-order valence-corrected chi connectivity index (χ1v) is 6.57. The van der Waals surface area contributed by atoms with E-state index in [0.29, 0.717) is 0 Å². The highest BCUT2D eigenvalue weighted by Gasteiger charge is 2.18. The van der Waals surface area contributed by atoms with Crippen LogP contribution in [0.4, 0.5) is 5.00 Å². The highest BCUT2D eigenvalue weighted by atomic mass is 32.1. The third-order valence-electron chi connectivity index (χ3n) is 2.29. The SMILES string of the molecule is NC(=O)CN(CC(=O)O)CC(=O)Nc1sccc1C(N)=O. The molecule has 1 heterocycles. The van der Waals surface area contributed by atoms with Crippen molar-refractivity contribution in [3.63, 3.8) is 0 Å². The third-order valence-corrected chi connectivity index (χ3v) is 3.12. The van der Waals surface area contributed by atoms with E-state index in [0.717, 1.165) is 16.2 Å². The van der Waals surface area contributed by atoms with E-state index in [1.54, 1.807) is 5.38 Å². The molecular formula is C11H14N4O5S. The first-order chi connectivity index (χ1) is 9.79. The number of hydrogen-bond acceptors (Lipinski definition) is 6. The van der Waals surface area contributed by atoms with Crippen LogP contribution in [0, 0.1) is 0 Å². The molecule has 114 valence electrons. The Morgan fingerprint density at radius 1 is 1.19 bits per heavy atom. The molecule has 0 unspecified atom stereocenters. The van der Waals surface area contributed by atoms with Gasteiger partial charge < -0.3 is 21.9 Å². The molecule has 9 nitrogen and oxygen atoms in total. The number of nitrogens with one attached hydrogen (secondary N) is 1. The molecule has 0 aliphatic heterocycles. The molecule has 10 heteroatoms. The number of thiophene rings is 1. The smallest absolute Gasteiger partial charge is 0.317 e. The predicted octanol–water partition coefficient (Wildman–Crippen LogP) is -1.34. The van der Waals surface area contributed by atoms with E-state index in [-0.39, 0.29) is 23.7 Å². The van der Waals surface area contributed by atoms with E-state index in [9.17, 15) is 19.2 Å². The molecule has 0 fully saturated rings. The molecule has 1 aromatic rings. The second-order valence-electron chi connectivity index (χ2n) is 4.08. The summed E-state index contributed by atoms with van der Waals surface area (Å²) in [4.78, 5) is 45.5. The van der Waals surface area contributed by atoms with E-state index in [2.05, 4.69) is 5.32 Å². The summed E-state index contributed by atoms with van der Waals surface area (Å²) in [6.07, 6.45) is 0. The standard InChI is InChI=1S/C11H14N4O5S/c12-7(16)3-15(5-9(18)19)4-8(17)14-11-6(10(13)20)1-2-21-11/h1-2H,3-5H2,(H2,12,16)(H2,13,20)(H,14,17)(H,18,19). The minimum atomic E-state index is -1.20. The predicted molar refractivity (Wildman–Crippen MR) is 74.7 cm³/mol. The van der Waals surface area contributed by atoms with Gasteiger partial charge in [0.25, 0.3) is 5.91 Å². The molecule has 0 aromatic carbocycles. The summed E-state index contributed by atoms with van der Waals surface area (Å²) in [5.74, 6) is -3.22. The molecule has 21 heavy (non-hydrogen) atoms. The molecule has 0 atom stereocenters. The second-order valence-corrected chi connectivity index (χ2v) is 5.00. The highest BCUT2D eigenvalue weighted by Crippen LogP contribution is 2.22. The van der Waals surface area contributed by atoms with E-state index in [1.165, 1.54) is 6.07 Å². The van der Waals surface area contributed by atoms with Gasteiger partial charge in [0.1, 0.15) is 5.00 Å². The fourth-order valence-electron chi connectivity index (χ4n) is 1.55. The van der Waals surface area contributed by atoms with Gasteiger partial charge in [-0.3, -0.25) is 24.1 Å². The van der Waals surface area contributed by atoms with Gasteiger partial charge in [0.15, 0.2) is 0 Å². The zero-order valence-electron chi connectivity index (χ0n) is 10.9. The van der Waals surface area contributed by atoms with Crippen molar-refractivity contribution in [3.8, 4) is 0 Å². The van der Waals surface area contributed by atoms with Crippen LogP contribution >= 0.6 is 11.3 Å². The van der Waals surface area contributed by atoms with Gasteiger partial charge in [-0.05, 0) is 11.4 Å². The summed E-state index contributed by atoms with van der Waals surface area (Å²) in [6.45, 7) is -1.23. The molecule has 0 bridgehead atoms. The summed E-state index contributed by atoms with van der Waals surface area (Å²) < 4.78 is 0. The largest absolute Gasteiger partial charge is 0.480 e. The van der Waals surface area contributed by atoms with Crippen molar-refractivity contribution in [3.05, 3.63) is 17.0 Å². The van der Waals surface area contributed by atoms with Gasteiger partial charge in [-0.2, -0.15) is 0 Å². The van der Waals surface area contributed by atoms with Gasteiger partial charge >= 0.3 is 5.97 Å². The first kappa shape index (κ1) is 16.6. The summed E-state index contributed by atoms with van der Waals surface area (Å²) >= 11 is 1.10. The lowest BCUT2D eigenvalue weighted by Crippen LogP contribution is -2.41. The monoisotopic (exact) mass is 314 g/mol. The average molecular weight is 314 g/mol. The summed E-state index contributed by atoms with van der Waals surface area (Å²) in [5, 5.41) is 13.0. The zero-order chi connectivity index (χ0) is 16.0. The van der Waals surface area contributed by atoms with Crippen LogP contribution in [0.25, 0.3) is 0 Å². The lowest BCUT2D eigenvalue weighted by atomic mass is 10.3. The number of nitrogens with zero attached hydrogens (tertiary/aromatic N) is 1. The average Bonchev–Trinajstić information content (AvgIpc) is 2.74. The van der Waals surface area contributed by atoms with Gasteiger partial charge in [0, 0.05) is 0 Å². The van der Waals surface area contributed by atoms with Gasteiger partial charge in [0.05, 0.1) is 25.2 Å². The van der Waals surface area contributed by atoms with Crippen molar-refractivity contribution < 1.29 is 24.3 Å². The molecule has 1 aromatic heterocycles. The summed E-state index contributed by atoms with van der Waals surface area (Å²) in [5.41, 5.74) is 10.3. The number of hydrogen-bond donors (Lipinski definition) is 4. The Labute approximate surface area is 123 Å². The maximum Gasteiger partial charge on any atom is 0.317 e. The summed E-state index contributed by atoms with van der Waals surface area (Å²) in [7, 11) is 0. The van der Waals surface area contributed by atoms with Crippen LogP contribution in [0.5, 0.6) is 0 Å². The van der Waals surface area contributed by atoms with Crippen LogP contribution in [0.1, 0.15) is 10.4 Å². The van der Waals surface area contributed by atoms with Crippen molar-refractivity contribution in [1.29, 1.82) is 0 Å².